The lowest BCUT2D eigenvalue weighted by Crippen LogP contribution is -2.36. The van der Waals surface area contributed by atoms with E-state index in [0.717, 1.165) is 83.7 Å². The lowest BCUT2D eigenvalue weighted by molar-refractivity contribution is 0.435. The topological polar surface area (TPSA) is 30.5 Å². The van der Waals surface area contributed by atoms with Crippen LogP contribution in [-0.4, -0.2) is 4.57 Å². The highest BCUT2D eigenvalue weighted by Crippen LogP contribution is 2.62. The highest BCUT2D eigenvalue weighted by Gasteiger charge is 2.49. The maximum atomic E-state index is 7.00. The van der Waals surface area contributed by atoms with E-state index >= 15 is 0 Å². The van der Waals surface area contributed by atoms with Crippen molar-refractivity contribution in [3.63, 3.8) is 0 Å². The minimum absolute atomic E-state index is 0.680. The molecular formula is C63H38N2O2. The summed E-state index contributed by atoms with van der Waals surface area (Å²) in [5, 5.41) is 9.46. The largest absolute Gasteiger partial charge is 0.457 e. The number of benzene rings is 11. The van der Waals surface area contributed by atoms with Crippen molar-refractivity contribution in [1.82, 2.24) is 4.57 Å². The third-order valence-corrected chi connectivity index (χ3v) is 14.6. The second-order valence-electron chi connectivity index (χ2n) is 17.9. The van der Waals surface area contributed by atoms with Gasteiger partial charge in [0.15, 0.2) is 0 Å². The molecule has 1 aliphatic heterocycles. The molecule has 1 spiro atoms. The van der Waals surface area contributed by atoms with E-state index in [4.69, 9.17) is 9.15 Å². The molecule has 0 radical (unpaired) electrons. The van der Waals surface area contributed by atoms with Gasteiger partial charge in [0.1, 0.15) is 22.7 Å². The van der Waals surface area contributed by atoms with Gasteiger partial charge >= 0.3 is 0 Å². The molecule has 312 valence electrons. The Labute approximate surface area is 385 Å². The Bertz CT molecular complexity index is 4220. The maximum absolute atomic E-state index is 7.00. The van der Waals surface area contributed by atoms with E-state index in [9.17, 15) is 0 Å². The zero-order chi connectivity index (χ0) is 43.8. The zero-order valence-corrected chi connectivity index (χ0v) is 36.2. The van der Waals surface area contributed by atoms with Crippen LogP contribution in [0, 0.1) is 0 Å². The van der Waals surface area contributed by atoms with E-state index in [2.05, 4.69) is 228 Å². The van der Waals surface area contributed by atoms with Crippen molar-refractivity contribution in [3.8, 4) is 28.3 Å². The number of aromatic nitrogens is 1. The van der Waals surface area contributed by atoms with Crippen LogP contribution in [0.15, 0.2) is 235 Å². The van der Waals surface area contributed by atoms with Crippen LogP contribution in [0.5, 0.6) is 11.5 Å². The molecule has 1 aliphatic carbocycles. The molecule has 0 N–H and O–H groups in total. The van der Waals surface area contributed by atoms with Crippen molar-refractivity contribution in [2.24, 2.45) is 0 Å². The SMILES string of the molecule is c1ccc2c(c1)Oc1ccc(N(c3ccc4c5ccccc5n(-c5ccc6c(c5)oc5ccccc56)c4c3)c3cccc4ccccc34)cc1C21c2ccccc2-c2cccc3cccc1c23. The van der Waals surface area contributed by atoms with Crippen LogP contribution in [0.1, 0.15) is 22.3 Å². The van der Waals surface area contributed by atoms with Crippen LogP contribution in [0.4, 0.5) is 17.1 Å². The van der Waals surface area contributed by atoms with Crippen molar-refractivity contribution in [1.29, 1.82) is 0 Å². The second kappa shape index (κ2) is 13.6. The molecule has 15 rings (SSSR count). The highest BCUT2D eigenvalue weighted by molar-refractivity contribution is 6.12. The number of rotatable bonds is 4. The minimum atomic E-state index is -0.680. The molecule has 11 aromatic carbocycles. The molecule has 4 nitrogen and oxygen atoms in total. The number of nitrogens with zero attached hydrogens (tertiary/aromatic N) is 2. The Morgan fingerprint density at radius 1 is 0.373 bits per heavy atom. The van der Waals surface area contributed by atoms with Crippen LogP contribution in [0.3, 0.4) is 0 Å². The Kier molecular flexibility index (Phi) is 7.40. The molecule has 4 heteroatoms. The van der Waals surface area contributed by atoms with Crippen molar-refractivity contribution in [2.45, 2.75) is 5.41 Å². The van der Waals surface area contributed by atoms with Crippen LogP contribution >= 0.6 is 0 Å². The fraction of sp³-hybridized carbons (Fsp3) is 0.0159. The molecule has 1 atom stereocenters. The van der Waals surface area contributed by atoms with Crippen molar-refractivity contribution >= 4 is 82.4 Å². The maximum Gasteiger partial charge on any atom is 0.137 e. The van der Waals surface area contributed by atoms with Gasteiger partial charge in [-0.25, -0.2) is 0 Å². The first-order valence-electron chi connectivity index (χ1n) is 23.0. The third kappa shape index (κ3) is 4.96. The van der Waals surface area contributed by atoms with Crippen LogP contribution in [0.25, 0.3) is 82.1 Å². The van der Waals surface area contributed by atoms with Crippen molar-refractivity contribution in [2.75, 3.05) is 4.90 Å². The van der Waals surface area contributed by atoms with Gasteiger partial charge in [-0.1, -0.05) is 158 Å². The molecule has 2 aliphatic rings. The Morgan fingerprint density at radius 2 is 1.00 bits per heavy atom. The molecule has 13 aromatic rings. The average molecular weight is 855 g/mol. The summed E-state index contributed by atoms with van der Waals surface area (Å²) in [5.41, 5.74) is 14.8. The van der Waals surface area contributed by atoms with E-state index < -0.39 is 5.41 Å². The number of furan rings is 1. The summed E-state index contributed by atoms with van der Waals surface area (Å²) < 4.78 is 15.9. The molecule has 2 aromatic heterocycles. The van der Waals surface area contributed by atoms with Gasteiger partial charge in [0.25, 0.3) is 0 Å². The number of fused-ring (bicyclic) bond motifs is 15. The number of hydrogen-bond acceptors (Lipinski definition) is 3. The van der Waals surface area contributed by atoms with Crippen LogP contribution in [-0.2, 0) is 5.41 Å². The van der Waals surface area contributed by atoms with Gasteiger partial charge in [-0.15, -0.1) is 0 Å². The number of anilines is 3. The van der Waals surface area contributed by atoms with E-state index in [0.29, 0.717) is 0 Å². The summed E-state index contributed by atoms with van der Waals surface area (Å²) in [5.74, 6) is 1.72. The lowest BCUT2D eigenvalue weighted by Gasteiger charge is -2.45. The zero-order valence-electron chi connectivity index (χ0n) is 36.2. The summed E-state index contributed by atoms with van der Waals surface area (Å²) >= 11 is 0. The summed E-state index contributed by atoms with van der Waals surface area (Å²) in [6, 6.07) is 84.0. The lowest BCUT2D eigenvalue weighted by atomic mass is 9.58. The Hall–Kier alpha value is -8.86. The van der Waals surface area contributed by atoms with Crippen LogP contribution < -0.4 is 9.64 Å². The Morgan fingerprint density at radius 3 is 1.94 bits per heavy atom. The van der Waals surface area contributed by atoms with Crippen molar-refractivity contribution < 1.29 is 9.15 Å². The van der Waals surface area contributed by atoms with E-state index in [1.807, 2.05) is 12.1 Å². The second-order valence-corrected chi connectivity index (χ2v) is 17.9. The standard InChI is InChI=1S/C63H38N2O2/c1-2-18-44-39(14-1)15-13-27-55(44)64(42-30-33-47-46-20-4-8-26-56(46)65(57(47)37-42)43-31-34-49-48-21-5-9-28-58(48)66-61(49)38-43)41-32-35-60-54(36-41)63(52-24-7-10-29-59(52)67-60)51-23-6-3-19-45(51)50-22-11-16-40-17-12-25-53(63)62(40)50/h1-38H. The molecule has 0 amide bonds. The number of hydrogen-bond donors (Lipinski definition) is 0. The fourth-order valence-corrected chi connectivity index (χ4v) is 11.9. The summed E-state index contributed by atoms with van der Waals surface area (Å²) in [4.78, 5) is 2.45. The van der Waals surface area contributed by atoms with Gasteiger partial charge in [0.2, 0.25) is 0 Å². The minimum Gasteiger partial charge on any atom is -0.457 e. The quantitative estimate of drug-likeness (QED) is 0.177. The fourth-order valence-electron chi connectivity index (χ4n) is 11.9. The molecule has 0 bridgehead atoms. The molecule has 0 saturated heterocycles. The van der Waals surface area contributed by atoms with E-state index in [1.165, 1.54) is 49.2 Å². The molecule has 0 saturated carbocycles. The van der Waals surface area contributed by atoms with E-state index in [1.54, 1.807) is 0 Å². The monoisotopic (exact) mass is 854 g/mol. The van der Waals surface area contributed by atoms with Gasteiger partial charge < -0.3 is 18.6 Å². The normalized spacial score (nSPS) is 14.7. The van der Waals surface area contributed by atoms with Gasteiger partial charge in [-0.2, -0.15) is 0 Å². The molecule has 0 fully saturated rings. The highest BCUT2D eigenvalue weighted by atomic mass is 16.5. The van der Waals surface area contributed by atoms with Gasteiger partial charge in [-0.3, -0.25) is 0 Å². The smallest absolute Gasteiger partial charge is 0.137 e. The Balaban J connectivity index is 1.02. The summed E-state index contributed by atoms with van der Waals surface area (Å²) in [6.07, 6.45) is 0. The third-order valence-electron chi connectivity index (χ3n) is 14.6. The first kappa shape index (κ1) is 36.5. The first-order valence-corrected chi connectivity index (χ1v) is 23.0. The molecule has 1 unspecified atom stereocenters. The molecular weight excluding hydrogens is 817 g/mol. The number of ether oxygens (including phenoxy) is 1. The van der Waals surface area contributed by atoms with Gasteiger partial charge in [0, 0.05) is 61.2 Å². The van der Waals surface area contributed by atoms with Crippen molar-refractivity contribution in [3.05, 3.63) is 253 Å². The van der Waals surface area contributed by atoms with Crippen LogP contribution in [0.2, 0.25) is 0 Å². The molecule has 67 heavy (non-hydrogen) atoms. The predicted octanol–water partition coefficient (Wildman–Crippen LogP) is 16.9. The summed E-state index contributed by atoms with van der Waals surface area (Å²) in [6.45, 7) is 0. The number of para-hydroxylation sites is 3. The molecule has 3 heterocycles. The van der Waals surface area contributed by atoms with Gasteiger partial charge in [0.05, 0.1) is 22.1 Å². The summed E-state index contributed by atoms with van der Waals surface area (Å²) in [7, 11) is 0. The average Bonchev–Trinajstić information content (AvgIpc) is 3.93. The van der Waals surface area contributed by atoms with E-state index in [-0.39, 0.29) is 0 Å². The predicted molar refractivity (Wildman–Crippen MR) is 275 cm³/mol. The van der Waals surface area contributed by atoms with Gasteiger partial charge in [-0.05, 0) is 105 Å². The first-order chi connectivity index (χ1) is 33.2.